The van der Waals surface area contributed by atoms with Gasteiger partial charge in [-0.1, -0.05) is 26.7 Å². The zero-order valence-electron chi connectivity index (χ0n) is 10.6. The highest BCUT2D eigenvalue weighted by Gasteiger charge is 2.34. The Kier molecular flexibility index (Phi) is 5.07. The fraction of sp³-hybridized carbons (Fsp3) is 1.00. The van der Waals surface area contributed by atoms with E-state index in [1.165, 1.54) is 25.7 Å². The molecule has 90 valence electrons. The second-order valence-corrected chi connectivity index (χ2v) is 5.35. The molecule has 15 heavy (non-hydrogen) atoms. The number of nitrogens with two attached hydrogens (primary N) is 1. The van der Waals surface area contributed by atoms with Crippen LogP contribution in [0.25, 0.3) is 0 Å². The molecule has 0 spiro atoms. The van der Waals surface area contributed by atoms with Crippen molar-refractivity contribution in [3.63, 3.8) is 0 Å². The summed E-state index contributed by atoms with van der Waals surface area (Å²) in [5.74, 6) is 0.729. The van der Waals surface area contributed by atoms with Crippen LogP contribution in [0.3, 0.4) is 0 Å². The minimum absolute atomic E-state index is 0.0553. The van der Waals surface area contributed by atoms with Crippen LogP contribution in [0.1, 0.15) is 59.3 Å². The van der Waals surface area contributed by atoms with Crippen LogP contribution in [-0.4, -0.2) is 18.2 Å². The van der Waals surface area contributed by atoms with Crippen LogP contribution in [0.15, 0.2) is 0 Å². The first-order valence-electron chi connectivity index (χ1n) is 6.48. The predicted octanol–water partition coefficient (Wildman–Crippen LogP) is 3.10. The predicted molar refractivity (Wildman–Crippen MR) is 64.9 cm³/mol. The van der Waals surface area contributed by atoms with Crippen LogP contribution >= 0.6 is 0 Å². The summed E-state index contributed by atoms with van der Waals surface area (Å²) < 4.78 is 5.88. The average Bonchev–Trinajstić information content (AvgIpc) is 2.19. The van der Waals surface area contributed by atoms with Gasteiger partial charge in [-0.15, -0.1) is 0 Å². The van der Waals surface area contributed by atoms with E-state index in [-0.39, 0.29) is 11.6 Å². The monoisotopic (exact) mass is 213 g/mol. The van der Waals surface area contributed by atoms with E-state index >= 15 is 0 Å². The smallest absolute Gasteiger partial charge is 0.0804 e. The molecule has 0 aromatic heterocycles. The molecule has 1 heterocycles. The first-order chi connectivity index (χ1) is 7.08. The van der Waals surface area contributed by atoms with E-state index in [0.717, 1.165) is 25.4 Å². The quantitative estimate of drug-likeness (QED) is 0.761. The topological polar surface area (TPSA) is 35.2 Å². The van der Waals surface area contributed by atoms with Gasteiger partial charge < -0.3 is 10.5 Å². The Balaban J connectivity index is 2.39. The van der Waals surface area contributed by atoms with Crippen LogP contribution < -0.4 is 5.73 Å². The van der Waals surface area contributed by atoms with E-state index in [1.54, 1.807) is 0 Å². The van der Waals surface area contributed by atoms with Crippen molar-refractivity contribution >= 4 is 0 Å². The van der Waals surface area contributed by atoms with E-state index in [9.17, 15) is 0 Å². The van der Waals surface area contributed by atoms with Crippen LogP contribution in [0.5, 0.6) is 0 Å². The molecule has 1 rings (SSSR count). The third kappa shape index (κ3) is 3.76. The van der Waals surface area contributed by atoms with Gasteiger partial charge in [-0.25, -0.2) is 0 Å². The molecule has 0 bridgehead atoms. The van der Waals surface area contributed by atoms with Gasteiger partial charge in [0.1, 0.15) is 0 Å². The molecule has 1 aliphatic heterocycles. The second kappa shape index (κ2) is 5.86. The van der Waals surface area contributed by atoms with E-state index in [4.69, 9.17) is 10.5 Å². The number of hydrogen-bond donors (Lipinski definition) is 1. The molecule has 1 aliphatic rings. The Hall–Kier alpha value is -0.0800. The van der Waals surface area contributed by atoms with Crippen molar-refractivity contribution < 1.29 is 4.74 Å². The maximum Gasteiger partial charge on any atom is 0.0804 e. The van der Waals surface area contributed by atoms with Crippen LogP contribution in [0.4, 0.5) is 0 Å². The van der Waals surface area contributed by atoms with Crippen molar-refractivity contribution in [2.75, 3.05) is 6.61 Å². The summed E-state index contributed by atoms with van der Waals surface area (Å²) in [6, 6.07) is 0.208. The minimum atomic E-state index is -0.0553. The summed E-state index contributed by atoms with van der Waals surface area (Å²) in [5.41, 5.74) is 6.23. The molecule has 0 saturated carbocycles. The van der Waals surface area contributed by atoms with Gasteiger partial charge in [0, 0.05) is 12.6 Å². The van der Waals surface area contributed by atoms with Crippen molar-refractivity contribution in [1.82, 2.24) is 0 Å². The van der Waals surface area contributed by atoms with Crippen LogP contribution in [-0.2, 0) is 4.74 Å². The summed E-state index contributed by atoms with van der Waals surface area (Å²) >= 11 is 0. The van der Waals surface area contributed by atoms with Gasteiger partial charge in [-0.3, -0.25) is 0 Å². The lowest BCUT2D eigenvalue weighted by Gasteiger charge is -2.39. The second-order valence-electron chi connectivity index (χ2n) is 5.35. The van der Waals surface area contributed by atoms with Crippen molar-refractivity contribution in [3.8, 4) is 0 Å². The number of hydrogen-bond acceptors (Lipinski definition) is 2. The van der Waals surface area contributed by atoms with Gasteiger partial charge in [0.25, 0.3) is 0 Å². The highest BCUT2D eigenvalue weighted by molar-refractivity contribution is 4.90. The third-order valence-electron chi connectivity index (χ3n) is 3.72. The summed E-state index contributed by atoms with van der Waals surface area (Å²) in [5, 5.41) is 0. The lowest BCUT2D eigenvalue weighted by atomic mass is 9.83. The first kappa shape index (κ1) is 13.0. The first-order valence-corrected chi connectivity index (χ1v) is 6.48. The van der Waals surface area contributed by atoms with Gasteiger partial charge >= 0.3 is 0 Å². The lowest BCUT2D eigenvalue weighted by molar-refractivity contribution is -0.0846. The Morgan fingerprint density at radius 1 is 1.40 bits per heavy atom. The molecule has 2 N–H and O–H groups in total. The number of rotatable bonds is 5. The Morgan fingerprint density at radius 2 is 2.13 bits per heavy atom. The maximum atomic E-state index is 6.29. The van der Waals surface area contributed by atoms with E-state index < -0.39 is 0 Å². The maximum absolute atomic E-state index is 6.29. The highest BCUT2D eigenvalue weighted by atomic mass is 16.5. The van der Waals surface area contributed by atoms with Crippen molar-refractivity contribution in [2.45, 2.75) is 70.9 Å². The van der Waals surface area contributed by atoms with Crippen molar-refractivity contribution in [2.24, 2.45) is 11.7 Å². The average molecular weight is 213 g/mol. The fourth-order valence-corrected chi connectivity index (χ4v) is 2.54. The molecular formula is C13H27NO. The van der Waals surface area contributed by atoms with Gasteiger partial charge in [0.05, 0.1) is 5.60 Å². The highest BCUT2D eigenvalue weighted by Crippen LogP contribution is 2.30. The summed E-state index contributed by atoms with van der Waals surface area (Å²) in [6.07, 6.45) is 7.24. The lowest BCUT2D eigenvalue weighted by Crippen LogP contribution is -2.50. The molecule has 0 aromatic rings. The summed E-state index contributed by atoms with van der Waals surface area (Å²) in [6.45, 7) is 7.62. The number of ether oxygens (including phenoxy) is 1. The van der Waals surface area contributed by atoms with Crippen LogP contribution in [0, 0.1) is 5.92 Å². The SMILES string of the molecule is CCCC(C)CC(N)C1(C)CCCCO1. The molecule has 2 nitrogen and oxygen atoms in total. The van der Waals surface area contributed by atoms with E-state index in [2.05, 4.69) is 20.8 Å². The van der Waals surface area contributed by atoms with E-state index in [1.807, 2.05) is 0 Å². The van der Waals surface area contributed by atoms with Gasteiger partial charge in [-0.2, -0.15) is 0 Å². The van der Waals surface area contributed by atoms with Crippen molar-refractivity contribution in [1.29, 1.82) is 0 Å². The molecule has 0 amide bonds. The Morgan fingerprint density at radius 3 is 2.67 bits per heavy atom. The largest absolute Gasteiger partial charge is 0.374 e. The minimum Gasteiger partial charge on any atom is -0.374 e. The standard InChI is InChI=1S/C13H27NO/c1-4-7-11(2)10-12(14)13(3)8-5-6-9-15-13/h11-12H,4-10,14H2,1-3H3. The molecule has 0 aliphatic carbocycles. The Labute approximate surface area is 94.6 Å². The molecule has 3 unspecified atom stereocenters. The van der Waals surface area contributed by atoms with Crippen molar-refractivity contribution in [3.05, 3.63) is 0 Å². The van der Waals surface area contributed by atoms with Gasteiger partial charge in [-0.05, 0) is 38.5 Å². The van der Waals surface area contributed by atoms with Gasteiger partial charge in [0.2, 0.25) is 0 Å². The van der Waals surface area contributed by atoms with Crippen LogP contribution in [0.2, 0.25) is 0 Å². The zero-order chi connectivity index (χ0) is 11.3. The zero-order valence-corrected chi connectivity index (χ0v) is 10.6. The molecule has 0 aromatic carbocycles. The molecule has 1 saturated heterocycles. The molecule has 1 fully saturated rings. The molecule has 0 radical (unpaired) electrons. The molecular weight excluding hydrogens is 186 g/mol. The summed E-state index contributed by atoms with van der Waals surface area (Å²) in [7, 11) is 0. The van der Waals surface area contributed by atoms with Gasteiger partial charge in [0.15, 0.2) is 0 Å². The van der Waals surface area contributed by atoms with E-state index in [0.29, 0.717) is 0 Å². The third-order valence-corrected chi connectivity index (χ3v) is 3.72. The molecule has 3 atom stereocenters. The normalized spacial score (nSPS) is 31.2. The summed E-state index contributed by atoms with van der Waals surface area (Å²) in [4.78, 5) is 0. The Bertz CT molecular complexity index is 175. The molecule has 2 heteroatoms. The fourth-order valence-electron chi connectivity index (χ4n) is 2.54.